The van der Waals surface area contributed by atoms with E-state index < -0.39 is 11.9 Å². The third kappa shape index (κ3) is 9.74. The Labute approximate surface area is 441 Å². The van der Waals surface area contributed by atoms with Gasteiger partial charge in [0.15, 0.2) is 0 Å². The van der Waals surface area contributed by atoms with Crippen molar-refractivity contribution in [2.45, 2.75) is 194 Å². The molecule has 9 aliphatic rings. The maximum atomic E-state index is 13.3. The molecule has 408 valence electrons. The first-order valence-corrected chi connectivity index (χ1v) is 29.0. The van der Waals surface area contributed by atoms with E-state index in [0.29, 0.717) is 88.7 Å². The van der Waals surface area contributed by atoms with Crippen LogP contribution in [0.15, 0.2) is 36.4 Å². The summed E-state index contributed by atoms with van der Waals surface area (Å²) in [5.41, 5.74) is 2.51. The molecule has 5 aliphatic heterocycles. The molecule has 11 rings (SSSR count). The molecule has 14 heteroatoms. The summed E-state index contributed by atoms with van der Waals surface area (Å²) in [5.74, 6) is 3.24. The lowest BCUT2D eigenvalue weighted by Gasteiger charge is -2.44. The van der Waals surface area contributed by atoms with E-state index in [1.54, 1.807) is 26.4 Å². The van der Waals surface area contributed by atoms with Crippen molar-refractivity contribution >= 4 is 11.9 Å². The summed E-state index contributed by atoms with van der Waals surface area (Å²) in [5, 5.41) is 56.4. The zero-order valence-electron chi connectivity index (χ0n) is 46.4. The molecule has 5 heterocycles. The molecule has 0 radical (unpaired) electrons. The van der Waals surface area contributed by atoms with Gasteiger partial charge in [0.1, 0.15) is 11.5 Å². The van der Waals surface area contributed by atoms with Gasteiger partial charge in [-0.05, 0) is 199 Å². The van der Waals surface area contributed by atoms with Gasteiger partial charge in [-0.15, -0.1) is 0 Å². The number of fused-ring (bicyclic) bond motifs is 20. The zero-order chi connectivity index (χ0) is 52.3. The lowest BCUT2D eigenvalue weighted by atomic mass is 9.62. The summed E-state index contributed by atoms with van der Waals surface area (Å²) in [7, 11) is 3.12. The molecule has 9 fully saturated rings. The fourth-order valence-corrected chi connectivity index (χ4v) is 17.4. The van der Waals surface area contributed by atoms with Crippen LogP contribution in [-0.4, -0.2) is 85.7 Å². The van der Waals surface area contributed by atoms with Crippen LogP contribution in [0.2, 0.25) is 0 Å². The van der Waals surface area contributed by atoms with E-state index in [9.17, 15) is 19.8 Å². The molecule has 14 nitrogen and oxygen atoms in total. The van der Waals surface area contributed by atoms with Crippen molar-refractivity contribution in [3.05, 3.63) is 58.7 Å². The molecule has 5 saturated heterocycles. The van der Waals surface area contributed by atoms with Gasteiger partial charge in [0, 0.05) is 0 Å². The largest absolute Gasteiger partial charge is 0.497 e. The van der Waals surface area contributed by atoms with E-state index in [1.807, 2.05) is 24.3 Å². The second-order valence-corrected chi connectivity index (χ2v) is 28.3. The van der Waals surface area contributed by atoms with Crippen molar-refractivity contribution in [2.24, 2.45) is 81.3 Å². The number of hydrogen-bond donors (Lipinski definition) is 10. The van der Waals surface area contributed by atoms with Crippen LogP contribution >= 0.6 is 0 Å². The summed E-state index contributed by atoms with van der Waals surface area (Å²) in [4.78, 5) is 26.6. The number of ether oxygens (including phenoxy) is 2. The Morgan fingerprint density at radius 1 is 0.405 bits per heavy atom. The van der Waals surface area contributed by atoms with Crippen molar-refractivity contribution in [1.29, 1.82) is 0 Å². The second-order valence-electron chi connectivity index (χ2n) is 28.3. The van der Waals surface area contributed by atoms with Crippen LogP contribution in [0.4, 0.5) is 0 Å². The van der Waals surface area contributed by atoms with Gasteiger partial charge in [0.05, 0.1) is 74.7 Å². The molecule has 0 spiro atoms. The maximum Gasteiger partial charge on any atom is 0.336 e. The fraction of sp³-hybridized carbons (Fsp3) is 0.767. The number of carbonyl (C=O) groups is 2. The third-order valence-electron chi connectivity index (χ3n) is 21.7. The minimum Gasteiger partial charge on any atom is -0.497 e. The summed E-state index contributed by atoms with van der Waals surface area (Å²) in [6.07, 6.45) is 12.7. The van der Waals surface area contributed by atoms with Gasteiger partial charge in [-0.1, -0.05) is 74.4 Å². The molecular weight excluding hydrogens is 929 g/mol. The van der Waals surface area contributed by atoms with Crippen molar-refractivity contribution in [3.63, 3.8) is 0 Å². The minimum atomic E-state index is -1.02. The normalized spacial score (nSPS) is 42.1. The second kappa shape index (κ2) is 19.8. The first kappa shape index (κ1) is 52.7. The molecule has 8 bridgehead atoms. The van der Waals surface area contributed by atoms with Crippen LogP contribution < -0.4 is 52.0 Å². The number of rotatable bonds is 6. The van der Waals surface area contributed by atoms with Gasteiger partial charge in [-0.3, -0.25) is 42.5 Å². The number of aromatic carboxylic acids is 2. The molecule has 0 aromatic heterocycles. The van der Waals surface area contributed by atoms with Gasteiger partial charge in [-0.2, -0.15) is 0 Å². The van der Waals surface area contributed by atoms with Crippen LogP contribution in [0.25, 0.3) is 0 Å². The van der Waals surface area contributed by atoms with Gasteiger partial charge in [0.2, 0.25) is 0 Å². The maximum absolute atomic E-state index is 13.3. The molecule has 2 aromatic rings. The average molecular weight is 1020 g/mol. The summed E-state index contributed by atoms with van der Waals surface area (Å²) in [6, 6.07) is 10.8. The molecule has 4 saturated carbocycles. The van der Waals surface area contributed by atoms with Gasteiger partial charge < -0.3 is 19.7 Å². The molecule has 21 atom stereocenters. The lowest BCUT2D eigenvalue weighted by molar-refractivity contribution is 0.0677. The van der Waals surface area contributed by atoms with Crippen LogP contribution in [0, 0.1) is 81.3 Å². The monoisotopic (exact) mass is 1020 g/mol. The van der Waals surface area contributed by atoms with Crippen LogP contribution in [0.3, 0.4) is 0 Å². The van der Waals surface area contributed by atoms with Crippen molar-refractivity contribution in [3.8, 4) is 11.5 Å². The van der Waals surface area contributed by atoms with Crippen LogP contribution in [0.1, 0.15) is 177 Å². The Hall–Kier alpha value is -3.34. The lowest BCUT2D eigenvalue weighted by Crippen LogP contribution is -2.61. The SMILES string of the molecule is COc1ccc(C2CC3C4NC5NC(NC6NC(NC7NC(NC(N4)C3CC2c2ccc(OC)cc2C(=O)O)C2CC(C(C)(C)C)CCC72)C2CC(C(C)(C)C)CCC62)C2CC(C(C)(C)C)CCC52)c(C(=O)O)c1. The highest BCUT2D eigenvalue weighted by molar-refractivity contribution is 5.91. The van der Waals surface area contributed by atoms with Crippen molar-refractivity contribution < 1.29 is 29.3 Å². The van der Waals surface area contributed by atoms with E-state index in [0.717, 1.165) is 12.8 Å². The number of methoxy groups -OCH3 is 2. The van der Waals surface area contributed by atoms with Gasteiger partial charge in [0.25, 0.3) is 0 Å². The summed E-state index contributed by atoms with van der Waals surface area (Å²) < 4.78 is 11.2. The summed E-state index contributed by atoms with van der Waals surface area (Å²) >= 11 is 0. The quantitative estimate of drug-likeness (QED) is 0.132. The van der Waals surface area contributed by atoms with Gasteiger partial charge in [-0.25, -0.2) is 9.59 Å². The number of carboxylic acids is 2. The Morgan fingerprint density at radius 2 is 0.662 bits per heavy atom. The molecule has 21 unspecified atom stereocenters. The number of nitrogens with one attached hydrogen (secondary N) is 8. The first-order valence-electron chi connectivity index (χ1n) is 29.0. The Kier molecular flexibility index (Phi) is 14.1. The van der Waals surface area contributed by atoms with Crippen molar-refractivity contribution in [1.82, 2.24) is 42.5 Å². The zero-order valence-corrected chi connectivity index (χ0v) is 46.4. The standard InChI is InChI=1S/C60H92N8O6/c1-58(2,3)29-12-17-36-41(22-29)51-61-48(36)62-52-42-23-30(59(4,5)6)13-18-37(42)50(64-52)66-54-44-27-39(34-20-15-32(73-10)25-46(34)56(69)70)40(35-21-16-33(74-11)26-47(35)57(71)72)28-45(44)55(68-54)67-53-43-24-31(60(7,8)9)14-19-38(43)49(63-51)65-53/h15-16,20-21,25-26,29-31,36-45,48-55,61-68H,12-14,17-19,22-24,27-28H2,1-11H3,(H,69,70)(H,71,72). The van der Waals surface area contributed by atoms with Crippen LogP contribution in [0.5, 0.6) is 11.5 Å². The van der Waals surface area contributed by atoms with E-state index in [1.165, 1.54) is 44.9 Å². The highest BCUT2D eigenvalue weighted by Crippen LogP contribution is 2.56. The van der Waals surface area contributed by atoms with E-state index in [-0.39, 0.29) is 100 Å². The average Bonchev–Trinajstić information content (AvgIpc) is 4.10. The number of hydrogen-bond acceptors (Lipinski definition) is 12. The third-order valence-corrected chi connectivity index (χ3v) is 21.7. The predicted octanol–water partition coefficient (Wildman–Crippen LogP) is 8.62. The van der Waals surface area contributed by atoms with Gasteiger partial charge >= 0.3 is 11.9 Å². The summed E-state index contributed by atoms with van der Waals surface area (Å²) in [6.45, 7) is 21.9. The Morgan fingerprint density at radius 3 is 0.905 bits per heavy atom. The smallest absolute Gasteiger partial charge is 0.336 e. The predicted molar refractivity (Wildman–Crippen MR) is 288 cm³/mol. The highest BCUT2D eigenvalue weighted by Gasteiger charge is 2.58. The molecule has 0 amide bonds. The Bertz CT molecular complexity index is 2400. The minimum absolute atomic E-state index is 0.0465. The molecule has 4 aliphatic carbocycles. The number of carboxylic acid groups (broad SMARTS) is 2. The Balaban J connectivity index is 1.01. The van der Waals surface area contributed by atoms with E-state index in [2.05, 4.69) is 105 Å². The molecule has 2 aromatic carbocycles. The fourth-order valence-electron chi connectivity index (χ4n) is 17.4. The van der Waals surface area contributed by atoms with E-state index >= 15 is 0 Å². The van der Waals surface area contributed by atoms with E-state index in [4.69, 9.17) is 9.47 Å². The van der Waals surface area contributed by atoms with Crippen LogP contribution in [-0.2, 0) is 0 Å². The topological polar surface area (TPSA) is 189 Å². The molecular formula is C60H92N8O6. The first-order chi connectivity index (χ1) is 35.1. The van der Waals surface area contributed by atoms with Crippen molar-refractivity contribution in [2.75, 3.05) is 14.2 Å². The molecule has 74 heavy (non-hydrogen) atoms. The number of benzene rings is 2. The highest BCUT2D eigenvalue weighted by atomic mass is 16.5. The molecule has 10 N–H and O–H groups in total.